The fraction of sp³-hybridized carbons (Fsp3) is 0.455. The Bertz CT molecular complexity index is 582. The number of hydrogen-bond donors (Lipinski definition) is 0. The maximum atomic E-state index is 13.1. The van der Waals surface area contributed by atoms with E-state index in [-0.39, 0.29) is 5.69 Å². The zero-order valence-corrected chi connectivity index (χ0v) is 13.2. The molecule has 0 aliphatic carbocycles. The number of nitrogens with zero attached hydrogens (tertiary/aromatic N) is 1. The van der Waals surface area contributed by atoms with Gasteiger partial charge in [-0.05, 0) is 40.9 Å². The van der Waals surface area contributed by atoms with Gasteiger partial charge in [-0.15, -0.1) is 0 Å². The van der Waals surface area contributed by atoms with Crippen LogP contribution in [0.4, 0.5) is 23.2 Å². The van der Waals surface area contributed by atoms with Crippen LogP contribution in [-0.4, -0.2) is 32.5 Å². The summed E-state index contributed by atoms with van der Waals surface area (Å²) in [4.78, 5) is 0. The smallest absolute Gasteiger partial charge is 0.274 e. The van der Waals surface area contributed by atoms with Crippen LogP contribution in [0.3, 0.4) is 0 Å². The van der Waals surface area contributed by atoms with Gasteiger partial charge in [0.05, 0.1) is 11.9 Å². The summed E-state index contributed by atoms with van der Waals surface area (Å²) in [6, 6.07) is 4.06. The van der Waals surface area contributed by atoms with Gasteiger partial charge < -0.3 is 0 Å². The van der Waals surface area contributed by atoms with Crippen molar-refractivity contribution in [3.8, 4) is 0 Å². The van der Waals surface area contributed by atoms with Gasteiger partial charge in [0.1, 0.15) is 5.92 Å². The number of sulfonamides is 1. The van der Waals surface area contributed by atoms with Crippen molar-refractivity contribution in [3.05, 3.63) is 29.8 Å². The van der Waals surface area contributed by atoms with E-state index in [1.54, 1.807) is 0 Å². The molecule has 21 heavy (non-hydrogen) atoms. The number of rotatable bonds is 5. The highest BCUT2D eigenvalue weighted by Crippen LogP contribution is 2.49. The van der Waals surface area contributed by atoms with Crippen LogP contribution in [0.5, 0.6) is 0 Å². The van der Waals surface area contributed by atoms with Crippen molar-refractivity contribution < 1.29 is 26.0 Å². The van der Waals surface area contributed by atoms with E-state index in [0.29, 0.717) is 0 Å². The summed E-state index contributed by atoms with van der Waals surface area (Å²) >= 11 is 9.38. The van der Waals surface area contributed by atoms with Crippen molar-refractivity contribution in [3.63, 3.8) is 0 Å². The monoisotopic (exact) mass is 367 g/mol. The summed E-state index contributed by atoms with van der Waals surface area (Å²) in [5.41, 5.74) is -0.392. The molecule has 0 heterocycles. The Hall–Kier alpha value is -0.730. The third-order valence-electron chi connectivity index (χ3n) is 2.74. The lowest BCUT2D eigenvalue weighted by molar-refractivity contribution is -0.0412. The van der Waals surface area contributed by atoms with Gasteiger partial charge in [0.25, 0.3) is 0 Å². The Morgan fingerprint density at radius 2 is 1.43 bits per heavy atom. The van der Waals surface area contributed by atoms with Crippen molar-refractivity contribution in [1.82, 2.24) is 0 Å². The maximum Gasteiger partial charge on any atom is 0.335 e. The van der Waals surface area contributed by atoms with Crippen LogP contribution in [0, 0.1) is 0 Å². The van der Waals surface area contributed by atoms with E-state index < -0.39 is 32.3 Å². The van der Waals surface area contributed by atoms with E-state index >= 15 is 0 Å². The molecule has 3 nitrogen and oxygen atoms in total. The van der Waals surface area contributed by atoms with Gasteiger partial charge in [0, 0.05) is 7.05 Å². The molecule has 0 aliphatic heterocycles. The van der Waals surface area contributed by atoms with E-state index in [1.807, 2.05) is 0 Å². The molecule has 0 bridgehead atoms. The van der Waals surface area contributed by atoms with E-state index in [9.17, 15) is 26.0 Å². The van der Waals surface area contributed by atoms with Crippen molar-refractivity contribution in [1.29, 1.82) is 0 Å². The molecule has 1 aromatic rings. The lowest BCUT2D eigenvalue weighted by atomic mass is 9.99. The SMILES string of the molecule is CN(c1ccc(C(C(F)(F)Cl)C(F)(F)Cl)cc1)S(C)(=O)=O. The largest absolute Gasteiger partial charge is 0.335 e. The van der Waals surface area contributed by atoms with Gasteiger partial charge in [-0.25, -0.2) is 8.42 Å². The molecule has 0 N–H and O–H groups in total. The Morgan fingerprint density at radius 1 is 1.05 bits per heavy atom. The summed E-state index contributed by atoms with van der Waals surface area (Å²) in [5.74, 6) is -2.74. The average Bonchev–Trinajstić information content (AvgIpc) is 2.24. The highest BCUT2D eigenvalue weighted by molar-refractivity contribution is 7.92. The Labute approximate surface area is 129 Å². The second-order valence-corrected chi connectivity index (χ2v) is 7.36. The lowest BCUT2D eigenvalue weighted by Crippen LogP contribution is -2.32. The van der Waals surface area contributed by atoms with E-state index in [1.165, 1.54) is 7.05 Å². The standard InChI is InChI=1S/C11H11Cl2F4NO2S/c1-18(21(2,19)20)8-5-3-7(4-6-8)9(10(12,14)15)11(13,16)17/h3-6,9H,1-2H3. The third kappa shape index (κ3) is 4.62. The van der Waals surface area contributed by atoms with Crippen LogP contribution in [-0.2, 0) is 10.0 Å². The average molecular weight is 368 g/mol. The molecule has 0 atom stereocenters. The third-order valence-corrected chi connectivity index (χ3v) is 4.38. The second kappa shape index (κ2) is 5.81. The number of anilines is 1. The number of alkyl halides is 6. The summed E-state index contributed by atoms with van der Waals surface area (Å²) in [7, 11) is -2.33. The molecule has 0 spiro atoms. The number of halogens is 6. The number of hydrogen-bond acceptors (Lipinski definition) is 2. The molecule has 0 amide bonds. The van der Waals surface area contributed by atoms with Crippen molar-refractivity contribution in [2.45, 2.75) is 16.7 Å². The van der Waals surface area contributed by atoms with Gasteiger partial charge in [-0.3, -0.25) is 4.31 Å². The molecule has 0 saturated carbocycles. The first-order valence-electron chi connectivity index (χ1n) is 5.42. The van der Waals surface area contributed by atoms with Crippen molar-refractivity contribution in [2.75, 3.05) is 17.6 Å². The van der Waals surface area contributed by atoms with Gasteiger partial charge >= 0.3 is 10.8 Å². The van der Waals surface area contributed by atoms with Crippen LogP contribution in [0.1, 0.15) is 11.5 Å². The fourth-order valence-electron chi connectivity index (χ4n) is 1.63. The summed E-state index contributed by atoms with van der Waals surface area (Å²) in [6.07, 6.45) is 0.934. The molecule has 10 heteroatoms. The van der Waals surface area contributed by atoms with Crippen LogP contribution >= 0.6 is 23.2 Å². The molecule has 0 aliphatic rings. The summed E-state index contributed by atoms with van der Waals surface area (Å²) in [6.45, 7) is 0. The Kier molecular flexibility index (Phi) is 5.07. The first-order chi connectivity index (χ1) is 9.24. The summed E-state index contributed by atoms with van der Waals surface area (Å²) in [5, 5.41) is -8.54. The molecule has 0 radical (unpaired) electrons. The molecular weight excluding hydrogens is 357 g/mol. The van der Waals surface area contributed by atoms with Crippen LogP contribution in [0.2, 0.25) is 0 Å². The molecule has 1 aromatic carbocycles. The minimum Gasteiger partial charge on any atom is -0.274 e. The highest BCUT2D eigenvalue weighted by Gasteiger charge is 2.53. The zero-order chi connectivity index (χ0) is 16.6. The normalized spacial score (nSPS) is 13.6. The van der Waals surface area contributed by atoms with Crippen molar-refractivity contribution >= 4 is 38.9 Å². The quantitative estimate of drug-likeness (QED) is 0.585. The fourth-order valence-corrected chi connectivity index (χ4v) is 2.72. The molecule has 0 aromatic heterocycles. The molecular formula is C11H11Cl2F4NO2S. The van der Waals surface area contributed by atoms with Crippen LogP contribution in [0.25, 0.3) is 0 Å². The minimum absolute atomic E-state index is 0.121. The first kappa shape index (κ1) is 18.3. The van der Waals surface area contributed by atoms with E-state index in [0.717, 1.165) is 34.8 Å². The molecule has 0 fully saturated rings. The minimum atomic E-state index is -4.27. The van der Waals surface area contributed by atoms with Crippen LogP contribution in [0.15, 0.2) is 24.3 Å². The number of benzene rings is 1. The Morgan fingerprint density at radius 3 is 1.71 bits per heavy atom. The Balaban J connectivity index is 3.22. The maximum absolute atomic E-state index is 13.1. The molecule has 0 saturated heterocycles. The molecule has 120 valence electrons. The topological polar surface area (TPSA) is 37.4 Å². The predicted molar refractivity (Wildman–Crippen MR) is 74.0 cm³/mol. The van der Waals surface area contributed by atoms with Gasteiger partial charge in [-0.2, -0.15) is 17.6 Å². The lowest BCUT2D eigenvalue weighted by Gasteiger charge is -2.26. The van der Waals surface area contributed by atoms with Gasteiger partial charge in [0.15, 0.2) is 0 Å². The first-order valence-corrected chi connectivity index (χ1v) is 8.02. The highest BCUT2D eigenvalue weighted by atomic mass is 35.5. The van der Waals surface area contributed by atoms with E-state index in [4.69, 9.17) is 0 Å². The van der Waals surface area contributed by atoms with Crippen LogP contribution < -0.4 is 4.31 Å². The molecule has 1 rings (SSSR count). The van der Waals surface area contributed by atoms with Crippen molar-refractivity contribution in [2.24, 2.45) is 0 Å². The second-order valence-electron chi connectivity index (χ2n) is 4.34. The van der Waals surface area contributed by atoms with Gasteiger partial charge in [-0.1, -0.05) is 12.1 Å². The van der Waals surface area contributed by atoms with E-state index in [2.05, 4.69) is 23.2 Å². The van der Waals surface area contributed by atoms with Gasteiger partial charge in [0.2, 0.25) is 10.0 Å². The zero-order valence-electron chi connectivity index (χ0n) is 10.8. The predicted octanol–water partition coefficient (Wildman–Crippen LogP) is 3.83. The molecule has 0 unspecified atom stereocenters. The summed E-state index contributed by atoms with van der Waals surface area (Å²) < 4.78 is 75.9.